The summed E-state index contributed by atoms with van der Waals surface area (Å²) < 4.78 is 0. The second-order valence-corrected chi connectivity index (χ2v) is 3.73. The van der Waals surface area contributed by atoms with Crippen LogP contribution in [0.4, 0.5) is 5.69 Å². The van der Waals surface area contributed by atoms with E-state index in [1.54, 1.807) is 18.2 Å². The van der Waals surface area contributed by atoms with Crippen LogP contribution in [0.15, 0.2) is 24.3 Å². The predicted molar refractivity (Wildman–Crippen MR) is 64.2 cm³/mol. The van der Waals surface area contributed by atoms with E-state index in [1.807, 2.05) is 6.92 Å². The van der Waals surface area contributed by atoms with Crippen molar-refractivity contribution < 1.29 is 9.90 Å². The molecule has 1 unspecified atom stereocenters. The van der Waals surface area contributed by atoms with Crippen LogP contribution in [0, 0.1) is 5.92 Å². The molecule has 0 aliphatic heterocycles. The summed E-state index contributed by atoms with van der Waals surface area (Å²) in [4.78, 5) is 11.8. The fraction of sp³-hybridized carbons (Fsp3) is 0.417. The number of hydrogen-bond donors (Lipinski definition) is 3. The van der Waals surface area contributed by atoms with Crippen molar-refractivity contribution in [3.05, 3.63) is 24.3 Å². The van der Waals surface area contributed by atoms with Gasteiger partial charge in [0.25, 0.3) is 0 Å². The summed E-state index contributed by atoms with van der Waals surface area (Å²) in [5.74, 6) is -0.251. The third-order valence-corrected chi connectivity index (χ3v) is 2.45. The van der Waals surface area contributed by atoms with Gasteiger partial charge in [0.05, 0.1) is 11.6 Å². The number of nitrogens with two attached hydrogens (primary N) is 1. The molecule has 4 heteroatoms. The minimum absolute atomic E-state index is 0.0723. The van der Waals surface area contributed by atoms with Gasteiger partial charge in [0.15, 0.2) is 0 Å². The van der Waals surface area contributed by atoms with Crippen LogP contribution in [0.25, 0.3) is 0 Å². The lowest BCUT2D eigenvalue weighted by molar-refractivity contribution is -0.119. The lowest BCUT2D eigenvalue weighted by atomic mass is 10.0. The largest absolute Gasteiger partial charge is 0.506 e. The fourth-order valence-corrected chi connectivity index (χ4v) is 1.52. The van der Waals surface area contributed by atoms with Crippen molar-refractivity contribution in [3.8, 4) is 5.75 Å². The zero-order valence-electron chi connectivity index (χ0n) is 9.44. The topological polar surface area (TPSA) is 75.4 Å². The molecule has 0 bridgehead atoms. The summed E-state index contributed by atoms with van der Waals surface area (Å²) in [5, 5.41) is 12.2. The smallest absolute Gasteiger partial charge is 0.228 e. The summed E-state index contributed by atoms with van der Waals surface area (Å²) in [6.07, 6.45) is 1.67. The first-order valence-corrected chi connectivity index (χ1v) is 5.48. The number of amides is 1. The monoisotopic (exact) mass is 222 g/mol. The van der Waals surface area contributed by atoms with E-state index in [9.17, 15) is 9.90 Å². The molecule has 1 aromatic carbocycles. The first kappa shape index (κ1) is 12.5. The van der Waals surface area contributed by atoms with Gasteiger partial charge in [-0.3, -0.25) is 4.79 Å². The average molecular weight is 222 g/mol. The Morgan fingerprint density at radius 1 is 1.50 bits per heavy atom. The van der Waals surface area contributed by atoms with Crippen molar-refractivity contribution in [1.82, 2.24) is 0 Å². The van der Waals surface area contributed by atoms with Crippen LogP contribution < -0.4 is 11.1 Å². The van der Waals surface area contributed by atoms with Crippen molar-refractivity contribution in [3.63, 3.8) is 0 Å². The first-order valence-electron chi connectivity index (χ1n) is 5.48. The third kappa shape index (κ3) is 3.24. The minimum atomic E-state index is -0.190. The Hall–Kier alpha value is -1.55. The van der Waals surface area contributed by atoms with Gasteiger partial charge in [-0.1, -0.05) is 25.5 Å². The summed E-state index contributed by atoms with van der Waals surface area (Å²) in [7, 11) is 0. The molecule has 0 aromatic heterocycles. The first-order chi connectivity index (χ1) is 7.69. The fourth-order valence-electron chi connectivity index (χ4n) is 1.52. The molecule has 4 N–H and O–H groups in total. The van der Waals surface area contributed by atoms with Gasteiger partial charge >= 0.3 is 0 Å². The van der Waals surface area contributed by atoms with Gasteiger partial charge in [-0.25, -0.2) is 0 Å². The van der Waals surface area contributed by atoms with E-state index in [0.29, 0.717) is 12.2 Å². The highest BCUT2D eigenvalue weighted by Crippen LogP contribution is 2.22. The second-order valence-electron chi connectivity index (χ2n) is 3.73. The van der Waals surface area contributed by atoms with E-state index in [2.05, 4.69) is 5.32 Å². The summed E-state index contributed by atoms with van der Waals surface area (Å²) in [6, 6.07) is 6.66. The molecule has 0 radical (unpaired) electrons. The molecule has 4 nitrogen and oxygen atoms in total. The van der Waals surface area contributed by atoms with Gasteiger partial charge < -0.3 is 16.2 Å². The SMILES string of the molecule is CCCC(CN)C(=O)Nc1ccccc1O. The van der Waals surface area contributed by atoms with Gasteiger partial charge in [-0.15, -0.1) is 0 Å². The number of carbonyl (C=O) groups is 1. The van der Waals surface area contributed by atoms with Crippen LogP contribution in [-0.2, 0) is 4.79 Å². The van der Waals surface area contributed by atoms with Crippen molar-refractivity contribution in [2.45, 2.75) is 19.8 Å². The Balaban J connectivity index is 2.66. The number of benzene rings is 1. The lowest BCUT2D eigenvalue weighted by Crippen LogP contribution is -2.29. The third-order valence-electron chi connectivity index (χ3n) is 2.45. The Labute approximate surface area is 95.5 Å². The number of phenolic OH excluding ortho intramolecular Hbond substituents is 1. The van der Waals surface area contributed by atoms with Crippen LogP contribution in [-0.4, -0.2) is 17.6 Å². The zero-order valence-corrected chi connectivity index (χ0v) is 9.44. The number of nitrogens with one attached hydrogen (secondary N) is 1. The van der Waals surface area contributed by atoms with E-state index in [4.69, 9.17) is 5.73 Å². The number of aromatic hydroxyl groups is 1. The van der Waals surface area contributed by atoms with Gasteiger partial charge in [0.2, 0.25) is 5.91 Å². The summed E-state index contributed by atoms with van der Waals surface area (Å²) in [5.41, 5.74) is 5.96. The molecule has 0 saturated heterocycles. The van der Waals surface area contributed by atoms with Gasteiger partial charge in [-0.05, 0) is 18.6 Å². The summed E-state index contributed by atoms with van der Waals surface area (Å²) in [6.45, 7) is 2.34. The molecule has 0 aliphatic rings. The maximum atomic E-state index is 11.8. The summed E-state index contributed by atoms with van der Waals surface area (Å²) >= 11 is 0. The Morgan fingerprint density at radius 2 is 2.19 bits per heavy atom. The Morgan fingerprint density at radius 3 is 2.75 bits per heavy atom. The maximum Gasteiger partial charge on any atom is 0.228 e. The van der Waals surface area contributed by atoms with Crippen LogP contribution in [0.5, 0.6) is 5.75 Å². The number of para-hydroxylation sites is 2. The molecule has 1 atom stereocenters. The molecule has 0 heterocycles. The molecular formula is C12H18N2O2. The van der Waals surface area contributed by atoms with E-state index in [-0.39, 0.29) is 17.6 Å². The molecule has 0 spiro atoms. The van der Waals surface area contributed by atoms with Crippen molar-refractivity contribution >= 4 is 11.6 Å². The molecule has 16 heavy (non-hydrogen) atoms. The van der Waals surface area contributed by atoms with E-state index >= 15 is 0 Å². The van der Waals surface area contributed by atoms with Crippen molar-refractivity contribution in [1.29, 1.82) is 0 Å². The van der Waals surface area contributed by atoms with E-state index in [1.165, 1.54) is 6.07 Å². The molecule has 1 rings (SSSR count). The Kier molecular flexibility index (Phi) is 4.79. The molecule has 0 aliphatic carbocycles. The van der Waals surface area contributed by atoms with E-state index < -0.39 is 0 Å². The van der Waals surface area contributed by atoms with Crippen LogP contribution in [0.2, 0.25) is 0 Å². The average Bonchev–Trinajstić information content (AvgIpc) is 2.29. The second kappa shape index (κ2) is 6.12. The van der Waals surface area contributed by atoms with Gasteiger partial charge in [0.1, 0.15) is 5.75 Å². The highest BCUT2D eigenvalue weighted by Gasteiger charge is 2.16. The van der Waals surface area contributed by atoms with E-state index in [0.717, 1.165) is 12.8 Å². The maximum absolute atomic E-state index is 11.8. The van der Waals surface area contributed by atoms with Crippen LogP contribution >= 0.6 is 0 Å². The standard InChI is InChI=1S/C12H18N2O2/c1-2-5-9(8-13)12(16)14-10-6-3-4-7-11(10)15/h3-4,6-7,9,15H,2,5,8,13H2,1H3,(H,14,16). The molecular weight excluding hydrogens is 204 g/mol. The number of rotatable bonds is 5. The van der Waals surface area contributed by atoms with Crippen molar-refractivity contribution in [2.24, 2.45) is 11.7 Å². The van der Waals surface area contributed by atoms with Gasteiger partial charge in [0, 0.05) is 6.54 Å². The molecule has 88 valence electrons. The zero-order chi connectivity index (χ0) is 12.0. The molecule has 0 fully saturated rings. The molecule has 0 saturated carbocycles. The Bertz CT molecular complexity index is 353. The van der Waals surface area contributed by atoms with Crippen LogP contribution in [0.3, 0.4) is 0 Å². The highest BCUT2D eigenvalue weighted by atomic mass is 16.3. The van der Waals surface area contributed by atoms with Gasteiger partial charge in [-0.2, -0.15) is 0 Å². The quantitative estimate of drug-likeness (QED) is 0.664. The minimum Gasteiger partial charge on any atom is -0.506 e. The normalized spacial score (nSPS) is 12.1. The lowest BCUT2D eigenvalue weighted by Gasteiger charge is -2.14. The molecule has 1 amide bonds. The van der Waals surface area contributed by atoms with Crippen molar-refractivity contribution in [2.75, 3.05) is 11.9 Å². The van der Waals surface area contributed by atoms with Crippen LogP contribution in [0.1, 0.15) is 19.8 Å². The number of anilines is 1. The number of carbonyl (C=O) groups excluding carboxylic acids is 1. The predicted octanol–water partition coefficient (Wildman–Crippen LogP) is 1.71. The molecule has 1 aromatic rings. The number of hydrogen-bond acceptors (Lipinski definition) is 3. The highest BCUT2D eigenvalue weighted by molar-refractivity contribution is 5.93. The number of phenols is 1.